The molecule has 0 unspecified atom stereocenters. The highest BCUT2D eigenvalue weighted by Crippen LogP contribution is 2.22. The first-order valence-electron chi connectivity index (χ1n) is 26.3. The fraction of sp³-hybridized carbons (Fsp3) is 0.610. The van der Waals surface area contributed by atoms with E-state index in [0.29, 0.717) is 82.7 Å². The zero-order valence-electron chi connectivity index (χ0n) is 48.6. The van der Waals surface area contributed by atoms with Gasteiger partial charge in [-0.3, -0.25) is 0 Å². The largest absolute Gasteiger partial charge is 0.361 e. The van der Waals surface area contributed by atoms with Crippen LogP contribution < -0.4 is 0 Å². The van der Waals surface area contributed by atoms with Gasteiger partial charge in [-0.1, -0.05) is 220 Å². The van der Waals surface area contributed by atoms with Crippen LogP contribution >= 0.6 is 0 Å². The minimum Gasteiger partial charge on any atom is -0.361 e. The van der Waals surface area contributed by atoms with Crippen molar-refractivity contribution in [2.45, 2.75) is 237 Å². The van der Waals surface area contributed by atoms with E-state index in [1.807, 2.05) is 33.8 Å². The summed E-state index contributed by atoms with van der Waals surface area (Å²) in [5.41, 5.74) is 7.82. The fourth-order valence-electron chi connectivity index (χ4n) is 5.83. The Morgan fingerprint density at radius 2 is 0.704 bits per heavy atom. The molecule has 6 aromatic rings. The topological polar surface area (TPSA) is 155 Å². The molecular weight excluding hydrogens is 879 g/mol. The molecule has 0 aliphatic carbocycles. The van der Waals surface area contributed by atoms with Gasteiger partial charge in [-0.2, -0.15) is 5.10 Å². The monoisotopic (exact) mass is 974 g/mol. The smallest absolute Gasteiger partial charge is 0.176 e. The molecule has 0 atom stereocenters. The van der Waals surface area contributed by atoms with Gasteiger partial charge < -0.3 is 4.52 Å². The Hall–Kier alpha value is -5.39. The Labute approximate surface area is 431 Å². The van der Waals surface area contributed by atoms with Crippen molar-refractivity contribution < 1.29 is 4.52 Å². The van der Waals surface area contributed by atoms with Gasteiger partial charge in [0.25, 0.3) is 0 Å². The summed E-state index contributed by atoms with van der Waals surface area (Å²) >= 11 is 0. The van der Waals surface area contributed by atoms with E-state index in [2.05, 4.69) is 243 Å². The van der Waals surface area contributed by atoms with Gasteiger partial charge in [-0.25, -0.2) is 19.9 Å². The van der Waals surface area contributed by atoms with Crippen LogP contribution in [0.15, 0.2) is 71.6 Å². The van der Waals surface area contributed by atoms with Crippen LogP contribution in [0.3, 0.4) is 0 Å². The number of rotatable bonds is 12. The van der Waals surface area contributed by atoms with Crippen LogP contribution in [-0.2, 0) is 0 Å². The average Bonchev–Trinajstić information content (AvgIpc) is 3.85. The van der Waals surface area contributed by atoms with Gasteiger partial charge in [0.15, 0.2) is 17.5 Å². The summed E-state index contributed by atoms with van der Waals surface area (Å²) in [5, 5.41) is 27.7. The van der Waals surface area contributed by atoms with Gasteiger partial charge in [0.05, 0.1) is 17.6 Å². The predicted octanol–water partition coefficient (Wildman–Crippen LogP) is 16.5. The van der Waals surface area contributed by atoms with Crippen molar-refractivity contribution in [1.29, 1.82) is 0 Å². The van der Waals surface area contributed by atoms with E-state index in [9.17, 15) is 0 Å². The number of nitrogens with zero attached hydrogens (tertiary/aromatic N) is 11. The Morgan fingerprint density at radius 1 is 0.324 bits per heavy atom. The lowest BCUT2D eigenvalue weighted by Gasteiger charge is -2.09. The Bertz CT molecular complexity index is 1980. The maximum Gasteiger partial charge on any atom is 0.176 e. The van der Waals surface area contributed by atoms with E-state index in [0.717, 1.165) is 34.6 Å². The van der Waals surface area contributed by atoms with E-state index >= 15 is 0 Å². The lowest BCUT2D eigenvalue weighted by molar-refractivity contribution is 0.363. The van der Waals surface area contributed by atoms with Crippen LogP contribution in [0.25, 0.3) is 0 Å². The third-order valence-electron chi connectivity index (χ3n) is 11.1. The molecule has 0 saturated carbocycles. The van der Waals surface area contributed by atoms with E-state index in [1.165, 1.54) is 22.3 Å². The minimum absolute atomic E-state index is 0.297. The van der Waals surface area contributed by atoms with Gasteiger partial charge in [0.1, 0.15) is 23.7 Å². The lowest BCUT2D eigenvalue weighted by Crippen LogP contribution is -2.07. The fourth-order valence-corrected chi connectivity index (χ4v) is 5.83. The zero-order chi connectivity index (χ0) is 54.1. The van der Waals surface area contributed by atoms with E-state index in [4.69, 9.17) is 4.52 Å². The molecule has 12 nitrogen and oxygen atoms in total. The summed E-state index contributed by atoms with van der Waals surface area (Å²) in [6.07, 6.45) is 3.33. The molecule has 0 aliphatic rings. The van der Waals surface area contributed by atoms with Gasteiger partial charge in [-0.05, 0) is 57.8 Å². The molecule has 0 aliphatic heterocycles. The van der Waals surface area contributed by atoms with Crippen molar-refractivity contribution in [1.82, 2.24) is 55.7 Å². The van der Waals surface area contributed by atoms with Crippen LogP contribution in [0, 0.1) is 0 Å². The van der Waals surface area contributed by atoms with E-state index < -0.39 is 0 Å². The van der Waals surface area contributed by atoms with Crippen molar-refractivity contribution in [2.75, 3.05) is 0 Å². The molecule has 12 heteroatoms. The third kappa shape index (κ3) is 24.5. The minimum atomic E-state index is 0.297. The highest BCUT2D eigenvalue weighted by molar-refractivity contribution is 5.28. The molecule has 4 aromatic heterocycles. The number of hydrogen-bond donors (Lipinski definition) is 0. The van der Waals surface area contributed by atoms with Crippen LogP contribution in [-0.4, -0.2) is 55.7 Å². The number of benzene rings is 2. The number of hydrogen-bond acceptors (Lipinski definition) is 12. The van der Waals surface area contributed by atoms with Crippen LogP contribution in [0.2, 0.25) is 0 Å². The summed E-state index contributed by atoms with van der Waals surface area (Å²) in [7, 11) is 0. The summed E-state index contributed by atoms with van der Waals surface area (Å²) in [4.78, 5) is 16.9. The molecule has 6 rings (SSSR count). The van der Waals surface area contributed by atoms with Gasteiger partial charge in [-0.15, -0.1) is 25.5 Å². The second-order valence-electron chi connectivity index (χ2n) is 21.9. The van der Waals surface area contributed by atoms with Crippen molar-refractivity contribution in [3.63, 3.8) is 0 Å². The van der Waals surface area contributed by atoms with Gasteiger partial charge >= 0.3 is 0 Å². The van der Waals surface area contributed by atoms with Crippen molar-refractivity contribution in [2.24, 2.45) is 0 Å². The van der Waals surface area contributed by atoms with E-state index in [1.54, 1.807) is 12.5 Å². The molecule has 0 N–H and O–H groups in total. The standard InChI is InChI=1S/2C12H18.2C9H15N3.C9H15NO.C8H14N4/c1-9(2)11-5-7-12(8-6-11)10(3)4;1-9(2)11-6-5-7-12(8-11)10(3)4;1-6(2)8-10-5-11-9(12-8)7(3)4;1-6(2)8-5-10-12-9(11-8)7(3)4;1-6(2)8-5-9(7(3)4)11-10-8;1-5(2)7-9-11-8(6(3)4)12-10-7/h2*5-10H,1-4H3;2*5-7H,1-4H3;5-7H,1-4H3;5-6H,1-4H3. The van der Waals surface area contributed by atoms with Crippen LogP contribution in [0.1, 0.15) is 306 Å². The molecule has 71 heavy (non-hydrogen) atoms. The van der Waals surface area contributed by atoms with Gasteiger partial charge in [0, 0.05) is 41.6 Å². The molecule has 0 saturated heterocycles. The third-order valence-corrected chi connectivity index (χ3v) is 11.1. The molecular formula is C59H95N11O. The van der Waals surface area contributed by atoms with Crippen molar-refractivity contribution in [3.05, 3.63) is 136 Å². The Balaban J connectivity index is 0.000000426. The quantitative estimate of drug-likeness (QED) is 0.115. The normalized spacial score (nSPS) is 11.2. The highest BCUT2D eigenvalue weighted by Gasteiger charge is 2.11. The second-order valence-corrected chi connectivity index (χ2v) is 21.9. The molecule has 0 spiro atoms. The molecule has 392 valence electrons. The van der Waals surface area contributed by atoms with Gasteiger partial charge in [0.2, 0.25) is 0 Å². The lowest BCUT2D eigenvalue weighted by atomic mass is 9.96. The Kier molecular flexibility index (Phi) is 29.2. The zero-order valence-corrected chi connectivity index (χ0v) is 48.6. The molecule has 0 radical (unpaired) electrons. The summed E-state index contributed by atoms with van der Waals surface area (Å²) < 4.78 is 5.14. The molecule has 0 fully saturated rings. The van der Waals surface area contributed by atoms with Crippen molar-refractivity contribution >= 4 is 0 Å². The summed E-state index contributed by atoms with van der Waals surface area (Å²) in [6.45, 7) is 51.0. The Morgan fingerprint density at radius 3 is 1.00 bits per heavy atom. The summed E-state index contributed by atoms with van der Waals surface area (Å²) in [5.74, 6) is 10.6. The predicted molar refractivity (Wildman–Crippen MR) is 296 cm³/mol. The molecule has 4 heterocycles. The number of aromatic nitrogens is 11. The first kappa shape index (κ1) is 63.6. The van der Waals surface area contributed by atoms with Crippen LogP contribution in [0.4, 0.5) is 0 Å². The first-order chi connectivity index (χ1) is 33.2. The molecule has 0 bridgehead atoms. The maximum absolute atomic E-state index is 5.14. The maximum atomic E-state index is 5.14. The average molecular weight is 974 g/mol. The summed E-state index contributed by atoms with van der Waals surface area (Å²) in [6, 6.07) is 19.9. The first-order valence-corrected chi connectivity index (χ1v) is 26.3. The highest BCUT2D eigenvalue weighted by atomic mass is 16.5. The SMILES string of the molecule is CC(C)c1cc(C(C)C)on1.CC(C)c1ccc(C(C)C)cc1.CC(C)c1cccc(C(C)C)c1.CC(C)c1cnnc(C(C)C)n1.CC(C)c1ncnc(C(C)C)n1.CC(C)c1nnc(C(C)C)nn1. The van der Waals surface area contributed by atoms with E-state index in [-0.39, 0.29) is 0 Å². The molecule has 2 aromatic carbocycles. The van der Waals surface area contributed by atoms with Crippen molar-refractivity contribution in [3.8, 4) is 0 Å². The van der Waals surface area contributed by atoms with Crippen LogP contribution in [0.5, 0.6) is 0 Å². The second kappa shape index (κ2) is 32.6. The molecule has 0 amide bonds.